The van der Waals surface area contributed by atoms with Crippen molar-refractivity contribution < 1.29 is 19.1 Å². The number of carbonyl (C=O) groups excluding carboxylic acids is 2. The second-order valence-corrected chi connectivity index (χ2v) is 5.65. The molecule has 0 aliphatic carbocycles. The lowest BCUT2D eigenvalue weighted by atomic mass is 10.1. The van der Waals surface area contributed by atoms with Gasteiger partial charge in [0.05, 0.1) is 12.2 Å². The Morgan fingerprint density at radius 3 is 2.50 bits per heavy atom. The lowest BCUT2D eigenvalue weighted by molar-refractivity contribution is -0.119. The molecule has 0 radical (unpaired) electrons. The smallest absolute Gasteiger partial charge is 0.338 e. The zero-order valence-corrected chi connectivity index (χ0v) is 14.2. The number of amides is 1. The van der Waals surface area contributed by atoms with Gasteiger partial charge in [-0.1, -0.05) is 29.8 Å². The van der Waals surface area contributed by atoms with Gasteiger partial charge in [0.15, 0.2) is 6.61 Å². The first-order valence-corrected chi connectivity index (χ1v) is 7.68. The van der Waals surface area contributed by atoms with Crippen molar-refractivity contribution in [1.29, 1.82) is 0 Å². The Bertz CT molecular complexity index is 728. The number of hydrogen-bond acceptors (Lipinski definition) is 4. The second-order valence-electron chi connectivity index (χ2n) is 5.21. The average molecular weight is 348 g/mol. The average Bonchev–Trinajstić information content (AvgIpc) is 2.57. The van der Waals surface area contributed by atoms with E-state index in [1.165, 1.54) is 0 Å². The van der Waals surface area contributed by atoms with Crippen LogP contribution in [0.5, 0.6) is 0 Å². The molecule has 2 rings (SSSR count). The minimum Gasteiger partial charge on any atom is -0.452 e. The van der Waals surface area contributed by atoms with Crippen molar-refractivity contribution in [2.24, 2.45) is 0 Å². The van der Waals surface area contributed by atoms with Gasteiger partial charge >= 0.3 is 5.97 Å². The van der Waals surface area contributed by atoms with Gasteiger partial charge in [0.25, 0.3) is 5.91 Å². The van der Waals surface area contributed by atoms with E-state index >= 15 is 0 Å². The van der Waals surface area contributed by atoms with Gasteiger partial charge in [-0.2, -0.15) is 0 Å². The van der Waals surface area contributed by atoms with Gasteiger partial charge in [-0.25, -0.2) is 4.79 Å². The molecule has 1 N–H and O–H groups in total. The van der Waals surface area contributed by atoms with Crippen molar-refractivity contribution in [2.75, 3.05) is 19.0 Å². The molecule has 0 fully saturated rings. The van der Waals surface area contributed by atoms with E-state index in [9.17, 15) is 9.59 Å². The predicted molar refractivity (Wildman–Crippen MR) is 92.3 cm³/mol. The predicted octanol–water partition coefficient (Wildman–Crippen LogP) is 3.59. The second kappa shape index (κ2) is 8.47. The highest BCUT2D eigenvalue weighted by Gasteiger charge is 2.11. The van der Waals surface area contributed by atoms with Gasteiger partial charge in [-0.05, 0) is 42.3 Å². The van der Waals surface area contributed by atoms with Crippen molar-refractivity contribution in [3.05, 3.63) is 64.2 Å². The molecule has 0 aliphatic heterocycles. The number of anilines is 1. The summed E-state index contributed by atoms with van der Waals surface area (Å²) in [6.07, 6.45) is 0. The minimum absolute atomic E-state index is 0.370. The van der Waals surface area contributed by atoms with Crippen LogP contribution in [0.1, 0.15) is 21.5 Å². The first kappa shape index (κ1) is 18.0. The van der Waals surface area contributed by atoms with Crippen LogP contribution in [0.3, 0.4) is 0 Å². The van der Waals surface area contributed by atoms with Crippen LogP contribution in [-0.4, -0.2) is 25.6 Å². The van der Waals surface area contributed by atoms with Crippen LogP contribution in [-0.2, 0) is 20.9 Å². The normalized spacial score (nSPS) is 10.3. The van der Waals surface area contributed by atoms with Crippen molar-refractivity contribution in [2.45, 2.75) is 13.5 Å². The van der Waals surface area contributed by atoms with Gasteiger partial charge in [0.1, 0.15) is 0 Å². The lowest BCUT2D eigenvalue weighted by Crippen LogP contribution is -2.21. The SMILES string of the molecule is COCc1ccc(C(=O)OCC(=O)Nc2cc(Cl)ccc2C)cc1. The third-order valence-electron chi connectivity index (χ3n) is 3.31. The Morgan fingerprint density at radius 1 is 1.12 bits per heavy atom. The molecule has 2 aromatic carbocycles. The van der Waals surface area contributed by atoms with Crippen LogP contribution >= 0.6 is 11.6 Å². The van der Waals surface area contributed by atoms with E-state index in [2.05, 4.69) is 5.32 Å². The Labute approximate surface area is 145 Å². The molecule has 0 heterocycles. The summed E-state index contributed by atoms with van der Waals surface area (Å²) in [5.74, 6) is -0.985. The standard InChI is InChI=1S/C18H18ClNO4/c1-12-3-8-15(19)9-16(12)20-17(21)11-24-18(22)14-6-4-13(5-7-14)10-23-2/h3-9H,10-11H2,1-2H3,(H,20,21). The van der Waals surface area contributed by atoms with Crippen LogP contribution in [0.2, 0.25) is 5.02 Å². The molecule has 126 valence electrons. The topological polar surface area (TPSA) is 64.6 Å². The van der Waals surface area contributed by atoms with Crippen molar-refractivity contribution in [3.8, 4) is 0 Å². The molecule has 6 heteroatoms. The highest BCUT2D eigenvalue weighted by molar-refractivity contribution is 6.31. The molecular weight excluding hydrogens is 330 g/mol. The van der Waals surface area contributed by atoms with Crippen LogP contribution in [0.4, 0.5) is 5.69 Å². The molecule has 5 nitrogen and oxygen atoms in total. The number of aryl methyl sites for hydroxylation is 1. The quantitative estimate of drug-likeness (QED) is 0.811. The van der Waals surface area contributed by atoms with Gasteiger partial charge < -0.3 is 14.8 Å². The highest BCUT2D eigenvalue weighted by Crippen LogP contribution is 2.20. The Kier molecular flexibility index (Phi) is 6.35. The minimum atomic E-state index is -0.558. The first-order chi connectivity index (χ1) is 11.5. The number of rotatable bonds is 6. The molecule has 2 aromatic rings. The van der Waals surface area contributed by atoms with Crippen molar-refractivity contribution in [1.82, 2.24) is 0 Å². The summed E-state index contributed by atoms with van der Waals surface area (Å²) >= 11 is 5.90. The molecule has 1 amide bonds. The number of nitrogens with one attached hydrogen (secondary N) is 1. The highest BCUT2D eigenvalue weighted by atomic mass is 35.5. The Hall–Kier alpha value is -2.37. The van der Waals surface area contributed by atoms with Gasteiger partial charge in [0, 0.05) is 17.8 Å². The number of carbonyl (C=O) groups is 2. The summed E-state index contributed by atoms with van der Waals surface area (Å²) in [4.78, 5) is 23.8. The summed E-state index contributed by atoms with van der Waals surface area (Å²) < 4.78 is 10.0. The molecule has 24 heavy (non-hydrogen) atoms. The van der Waals surface area contributed by atoms with Gasteiger partial charge in [0.2, 0.25) is 0 Å². The molecule has 0 aliphatic rings. The van der Waals surface area contributed by atoms with E-state index in [4.69, 9.17) is 21.1 Å². The summed E-state index contributed by atoms with van der Waals surface area (Å²) in [6.45, 7) is 1.95. The summed E-state index contributed by atoms with van der Waals surface area (Å²) in [7, 11) is 1.60. The monoisotopic (exact) mass is 347 g/mol. The molecule has 0 unspecified atom stereocenters. The number of esters is 1. The van der Waals surface area contributed by atoms with Crippen LogP contribution in [0, 0.1) is 6.92 Å². The fraction of sp³-hybridized carbons (Fsp3) is 0.222. The summed E-state index contributed by atoms with van der Waals surface area (Å²) in [6, 6.07) is 12.0. The van der Waals surface area contributed by atoms with E-state index in [-0.39, 0.29) is 6.61 Å². The number of halogens is 1. The molecule has 0 aromatic heterocycles. The molecule has 0 saturated carbocycles. The fourth-order valence-electron chi connectivity index (χ4n) is 2.03. The molecule has 0 saturated heterocycles. The number of ether oxygens (including phenoxy) is 2. The van der Waals surface area contributed by atoms with E-state index in [0.717, 1.165) is 11.1 Å². The first-order valence-electron chi connectivity index (χ1n) is 7.30. The van der Waals surface area contributed by atoms with Crippen LogP contribution in [0.15, 0.2) is 42.5 Å². The summed E-state index contributed by atoms with van der Waals surface area (Å²) in [5, 5.41) is 3.18. The zero-order chi connectivity index (χ0) is 17.5. The van der Waals surface area contributed by atoms with E-state index in [1.807, 2.05) is 6.92 Å². The van der Waals surface area contributed by atoms with E-state index < -0.39 is 11.9 Å². The van der Waals surface area contributed by atoms with Crippen LogP contribution in [0.25, 0.3) is 0 Å². The van der Waals surface area contributed by atoms with Gasteiger partial charge in [-0.15, -0.1) is 0 Å². The lowest BCUT2D eigenvalue weighted by Gasteiger charge is -2.09. The zero-order valence-electron chi connectivity index (χ0n) is 13.5. The third-order valence-corrected chi connectivity index (χ3v) is 3.54. The third kappa shape index (κ3) is 5.08. The van der Waals surface area contributed by atoms with Crippen LogP contribution < -0.4 is 5.32 Å². The largest absolute Gasteiger partial charge is 0.452 e. The Morgan fingerprint density at radius 2 is 1.83 bits per heavy atom. The maximum atomic E-state index is 11.9. The fourth-order valence-corrected chi connectivity index (χ4v) is 2.21. The van der Waals surface area contributed by atoms with E-state index in [1.54, 1.807) is 49.6 Å². The number of methoxy groups -OCH3 is 1. The summed E-state index contributed by atoms with van der Waals surface area (Å²) in [5.41, 5.74) is 2.78. The number of hydrogen-bond donors (Lipinski definition) is 1. The molecule has 0 bridgehead atoms. The Balaban J connectivity index is 1.88. The van der Waals surface area contributed by atoms with Crippen molar-refractivity contribution >= 4 is 29.2 Å². The molecular formula is C18H18ClNO4. The maximum Gasteiger partial charge on any atom is 0.338 e. The molecule has 0 atom stereocenters. The van der Waals surface area contributed by atoms with Crippen molar-refractivity contribution in [3.63, 3.8) is 0 Å². The number of benzene rings is 2. The molecule has 0 spiro atoms. The maximum absolute atomic E-state index is 11.9. The van der Waals surface area contributed by atoms with E-state index in [0.29, 0.717) is 22.9 Å². The van der Waals surface area contributed by atoms with Gasteiger partial charge in [-0.3, -0.25) is 4.79 Å².